The Morgan fingerprint density at radius 3 is 2.49 bits per heavy atom. The molecule has 3 aromatic rings. The molecule has 2 heterocycles. The van der Waals surface area contributed by atoms with Crippen molar-refractivity contribution in [2.45, 2.75) is 82.3 Å². The van der Waals surface area contributed by atoms with E-state index in [4.69, 9.17) is 24.3 Å². The number of benzene rings is 2. The van der Waals surface area contributed by atoms with Crippen LogP contribution in [0.5, 0.6) is 17.2 Å². The maximum absolute atomic E-state index is 13.8. The van der Waals surface area contributed by atoms with Crippen molar-refractivity contribution in [2.24, 2.45) is 0 Å². The molecule has 1 aliphatic carbocycles. The highest BCUT2D eigenvalue weighted by molar-refractivity contribution is 7.84. The van der Waals surface area contributed by atoms with E-state index in [0.717, 1.165) is 12.8 Å². The number of pyridine rings is 1. The van der Waals surface area contributed by atoms with Crippen molar-refractivity contribution in [1.29, 1.82) is 0 Å². The molecule has 11 heteroatoms. The van der Waals surface area contributed by atoms with E-state index in [1.165, 1.54) is 12.1 Å². The molecule has 1 aliphatic heterocycles. The van der Waals surface area contributed by atoms with Gasteiger partial charge in [0.1, 0.15) is 30.3 Å². The van der Waals surface area contributed by atoms with Crippen LogP contribution in [0.3, 0.4) is 0 Å². The summed E-state index contributed by atoms with van der Waals surface area (Å²) in [5, 5.41) is 20.9. The van der Waals surface area contributed by atoms with Gasteiger partial charge in [-0.05, 0) is 102 Å². The Kier molecular flexibility index (Phi) is 9.38. The molecular weight excluding hydrogens is 599 g/mol. The summed E-state index contributed by atoms with van der Waals surface area (Å²) in [6.07, 6.45) is 2.01. The van der Waals surface area contributed by atoms with Crippen molar-refractivity contribution in [1.82, 2.24) is 9.71 Å². The first-order chi connectivity index (χ1) is 21.2. The van der Waals surface area contributed by atoms with Crippen LogP contribution in [0.15, 0.2) is 48.5 Å². The lowest BCUT2D eigenvalue weighted by atomic mass is 9.88. The van der Waals surface area contributed by atoms with Crippen molar-refractivity contribution in [3.63, 3.8) is 0 Å². The average molecular weight is 641 g/mol. The lowest BCUT2D eigenvalue weighted by Gasteiger charge is -2.30. The van der Waals surface area contributed by atoms with Crippen LogP contribution < -0.4 is 18.9 Å². The number of ether oxygens (including phenoxy) is 3. The van der Waals surface area contributed by atoms with Gasteiger partial charge in [-0.15, -0.1) is 0 Å². The van der Waals surface area contributed by atoms with Gasteiger partial charge in [0.2, 0.25) is 0 Å². The number of aliphatic hydroxyl groups excluding tert-OH is 1. The van der Waals surface area contributed by atoms with Crippen LogP contribution in [-0.2, 0) is 22.1 Å². The van der Waals surface area contributed by atoms with Crippen molar-refractivity contribution in [3.05, 3.63) is 71.2 Å². The Morgan fingerprint density at radius 1 is 1.13 bits per heavy atom. The number of nitrogens with zero attached hydrogens (tertiary/aromatic N) is 1. The molecule has 0 bridgehead atoms. The second-order valence-corrected chi connectivity index (χ2v) is 15.1. The number of carbonyl (C=O) groups is 1. The number of nitrogens with one attached hydrogen (secondary N) is 1. The second-order valence-electron chi connectivity index (χ2n) is 13.1. The van der Waals surface area contributed by atoms with E-state index in [0.29, 0.717) is 45.3 Å². The molecule has 2 aromatic carbocycles. The van der Waals surface area contributed by atoms with Crippen LogP contribution in [0.2, 0.25) is 0 Å². The quantitative estimate of drug-likeness (QED) is 0.214. The number of hydrogen-bond donors (Lipinski definition) is 3. The van der Waals surface area contributed by atoms with Gasteiger partial charge in [-0.3, -0.25) is 4.79 Å². The second kappa shape index (κ2) is 12.8. The fourth-order valence-electron chi connectivity index (χ4n) is 4.95. The molecule has 45 heavy (non-hydrogen) atoms. The fraction of sp³-hybridized carbons (Fsp3) is 0.471. The lowest BCUT2D eigenvalue weighted by molar-refractivity contribution is 0.0396. The first-order valence-corrected chi connectivity index (χ1v) is 16.3. The van der Waals surface area contributed by atoms with Crippen molar-refractivity contribution in [2.75, 3.05) is 19.8 Å². The minimum atomic E-state index is -1.54. The lowest BCUT2D eigenvalue weighted by Crippen LogP contribution is -2.47. The summed E-state index contributed by atoms with van der Waals surface area (Å²) in [4.78, 5) is 18.1. The molecule has 0 spiro atoms. The first-order valence-electron chi connectivity index (χ1n) is 15.1. The molecule has 3 unspecified atom stereocenters. The number of carbonyl (C=O) groups excluding carboxylic acids is 1. The number of halogens is 1. The van der Waals surface area contributed by atoms with E-state index in [9.17, 15) is 18.5 Å². The summed E-state index contributed by atoms with van der Waals surface area (Å²) in [7, 11) is -1.43. The molecule has 2 aliphatic rings. The van der Waals surface area contributed by atoms with Crippen molar-refractivity contribution < 1.29 is 37.8 Å². The third kappa shape index (κ3) is 7.54. The Labute approximate surface area is 265 Å². The molecule has 1 aromatic heterocycles. The normalized spacial score (nSPS) is 19.7. The number of Topliss-reactive ketones (excluding diaryl/α,β-unsaturated/α-hetero) is 1. The zero-order valence-electron chi connectivity index (χ0n) is 26.3. The van der Waals surface area contributed by atoms with Gasteiger partial charge in [-0.25, -0.2) is 18.3 Å². The Morgan fingerprint density at radius 2 is 1.84 bits per heavy atom. The van der Waals surface area contributed by atoms with Gasteiger partial charge in [0.25, 0.3) is 0 Å². The minimum absolute atomic E-state index is 0.0113. The fourth-order valence-corrected chi connectivity index (χ4v) is 5.83. The largest absolute Gasteiger partial charge is 0.489 e. The monoisotopic (exact) mass is 640 g/mol. The van der Waals surface area contributed by atoms with Crippen LogP contribution in [0, 0.1) is 5.82 Å². The Hall–Kier alpha value is -3.38. The molecule has 1 fully saturated rings. The molecule has 5 rings (SSSR count). The summed E-state index contributed by atoms with van der Waals surface area (Å²) in [5.41, 5.74) is -0.0135. The molecule has 242 valence electrons. The number of fused-ring (bicyclic) bond motifs is 1. The highest BCUT2D eigenvalue weighted by atomic mass is 32.2. The molecule has 0 saturated heterocycles. The van der Waals surface area contributed by atoms with Crippen molar-refractivity contribution >= 4 is 16.8 Å². The number of hydrogen-bond acceptors (Lipinski definition) is 8. The number of aliphatic hydroxyl groups is 2. The third-order valence-electron chi connectivity index (χ3n) is 7.89. The van der Waals surface area contributed by atoms with E-state index in [2.05, 4.69) is 4.72 Å². The van der Waals surface area contributed by atoms with Gasteiger partial charge < -0.3 is 24.4 Å². The summed E-state index contributed by atoms with van der Waals surface area (Å²) in [6, 6.07) is 12.5. The Bertz CT molecular complexity index is 1580. The summed E-state index contributed by atoms with van der Waals surface area (Å²) < 4.78 is 47.3. The summed E-state index contributed by atoms with van der Waals surface area (Å²) in [5.74, 6) is 0.780. The molecule has 0 amide bonds. The topological polar surface area (TPSA) is 127 Å². The van der Waals surface area contributed by atoms with Gasteiger partial charge in [0, 0.05) is 23.1 Å². The SMILES string of the molecule is CC(O)(CCC(=O)c1ccc(OCCO)c(OC2CC2)c1)c1cc2c(c(-c3ccc(F)cc3)n1)OCC2(C)NS(=O)C(C)(C)C. The van der Waals surface area contributed by atoms with Gasteiger partial charge in [0.15, 0.2) is 23.0 Å². The maximum atomic E-state index is 13.8. The first kappa shape index (κ1) is 33.0. The van der Waals surface area contributed by atoms with Crippen LogP contribution in [0.4, 0.5) is 4.39 Å². The number of ketones is 1. The highest BCUT2D eigenvalue weighted by Crippen LogP contribution is 2.45. The molecule has 9 nitrogen and oxygen atoms in total. The Balaban J connectivity index is 1.44. The van der Waals surface area contributed by atoms with Gasteiger partial charge in [-0.1, -0.05) is 0 Å². The van der Waals surface area contributed by atoms with E-state index in [1.54, 1.807) is 43.3 Å². The minimum Gasteiger partial charge on any atom is -0.489 e. The predicted octanol–water partition coefficient (Wildman–Crippen LogP) is 5.33. The number of rotatable bonds is 13. The molecule has 0 radical (unpaired) electrons. The van der Waals surface area contributed by atoms with E-state index in [1.807, 2.05) is 27.7 Å². The predicted molar refractivity (Wildman–Crippen MR) is 169 cm³/mol. The van der Waals surface area contributed by atoms with E-state index < -0.39 is 32.7 Å². The summed E-state index contributed by atoms with van der Waals surface area (Å²) >= 11 is 0. The van der Waals surface area contributed by atoms with Gasteiger partial charge in [-0.2, -0.15) is 0 Å². The third-order valence-corrected chi connectivity index (χ3v) is 9.64. The van der Waals surface area contributed by atoms with Crippen molar-refractivity contribution in [3.8, 4) is 28.5 Å². The van der Waals surface area contributed by atoms with Crippen LogP contribution in [0.1, 0.15) is 81.9 Å². The molecule has 3 N–H and O–H groups in total. The number of aromatic nitrogens is 1. The molecule has 1 saturated carbocycles. The van der Waals surface area contributed by atoms with E-state index >= 15 is 0 Å². The maximum Gasteiger partial charge on any atom is 0.163 e. The average Bonchev–Trinajstić information content (AvgIpc) is 3.75. The van der Waals surface area contributed by atoms with Crippen LogP contribution in [-0.4, -0.2) is 55.9 Å². The zero-order chi connectivity index (χ0) is 32.6. The van der Waals surface area contributed by atoms with Crippen LogP contribution in [0.25, 0.3) is 11.3 Å². The summed E-state index contributed by atoms with van der Waals surface area (Å²) in [6.45, 7) is 9.24. The van der Waals surface area contributed by atoms with Crippen LogP contribution >= 0.6 is 0 Å². The highest BCUT2D eigenvalue weighted by Gasteiger charge is 2.43. The van der Waals surface area contributed by atoms with Gasteiger partial charge >= 0.3 is 0 Å². The van der Waals surface area contributed by atoms with Gasteiger partial charge in [0.05, 0.1) is 39.7 Å². The van der Waals surface area contributed by atoms with E-state index in [-0.39, 0.29) is 44.5 Å². The standard InChI is InChI=1S/C34H41FN2O7S/c1-32(2,3)45(41)37-33(4)20-43-31-25(33)19-29(36-30(31)21-6-9-23(35)10-7-21)34(5,40)15-14-26(39)22-8-13-27(42-17-16-38)28(18-22)44-24-11-12-24/h6-10,13,18-19,24,37-38,40H,11-12,14-17,20H2,1-5H3. The molecular formula is C34H41FN2O7S. The zero-order valence-corrected chi connectivity index (χ0v) is 27.1. The smallest absolute Gasteiger partial charge is 0.163 e. The molecule has 3 atom stereocenters.